The summed E-state index contributed by atoms with van der Waals surface area (Å²) in [4.78, 5) is 27.4. The van der Waals surface area contributed by atoms with Crippen LogP contribution in [0.3, 0.4) is 0 Å². The van der Waals surface area contributed by atoms with Crippen LogP contribution in [0.15, 0.2) is 24.3 Å². The van der Waals surface area contributed by atoms with Gasteiger partial charge in [-0.2, -0.15) is 10.4 Å². The molecule has 0 aliphatic carbocycles. The summed E-state index contributed by atoms with van der Waals surface area (Å²) in [7, 11) is 1.59. The zero-order chi connectivity index (χ0) is 22.4. The summed E-state index contributed by atoms with van der Waals surface area (Å²) in [6.45, 7) is 4.44. The molecule has 3 rings (SSSR count). The van der Waals surface area contributed by atoms with E-state index in [0.717, 1.165) is 17.0 Å². The molecule has 0 spiro atoms. The van der Waals surface area contributed by atoms with Gasteiger partial charge in [0.2, 0.25) is 11.8 Å². The Labute approximate surface area is 186 Å². The predicted octanol–water partition coefficient (Wildman–Crippen LogP) is 2.90. The number of amides is 2. The lowest BCUT2D eigenvalue weighted by molar-refractivity contribution is -0.136. The number of anilines is 1. The molecule has 1 atom stereocenters. The van der Waals surface area contributed by atoms with Crippen LogP contribution < -0.4 is 10.1 Å². The van der Waals surface area contributed by atoms with Gasteiger partial charge in [-0.3, -0.25) is 14.3 Å². The number of nitriles is 1. The van der Waals surface area contributed by atoms with Crippen molar-refractivity contribution in [1.29, 1.82) is 5.26 Å². The van der Waals surface area contributed by atoms with Gasteiger partial charge in [0.1, 0.15) is 11.8 Å². The lowest BCUT2D eigenvalue weighted by atomic mass is 10.1. The minimum atomic E-state index is -0.486. The largest absolute Gasteiger partial charge is 0.497 e. The second kappa shape index (κ2) is 10.4. The highest BCUT2D eigenvalue weighted by Crippen LogP contribution is 2.25. The molecule has 0 saturated carbocycles. The fraction of sp³-hybridized carbons (Fsp3) is 0.455. The highest BCUT2D eigenvalue weighted by atomic mass is 32.2. The summed E-state index contributed by atoms with van der Waals surface area (Å²) in [6, 6.07) is 8.76. The molecule has 1 N–H and O–H groups in total. The molecule has 9 heteroatoms. The van der Waals surface area contributed by atoms with E-state index in [-0.39, 0.29) is 11.8 Å². The number of aromatic nitrogens is 2. The number of hydrogen-bond acceptors (Lipinski definition) is 6. The van der Waals surface area contributed by atoms with Gasteiger partial charge in [-0.1, -0.05) is 0 Å². The maximum Gasteiger partial charge on any atom is 0.248 e. The number of carbonyl (C=O) groups excluding carboxylic acids is 2. The van der Waals surface area contributed by atoms with Crippen LogP contribution in [0.5, 0.6) is 5.75 Å². The molecule has 1 aliphatic heterocycles. The molecular formula is C22H27N5O3S. The summed E-state index contributed by atoms with van der Waals surface area (Å²) in [5, 5.41) is 16.2. The monoisotopic (exact) mass is 441 g/mol. The fourth-order valence-corrected chi connectivity index (χ4v) is 4.83. The minimum absolute atomic E-state index is 0.0385. The standard InChI is InChI=1S/C22H27N5O3S/c1-15-19(16(2)27(25-15)12-4-11-23)9-10-21(28)26-14-31-13-20(26)22(29)24-17-5-7-18(30-3)8-6-17/h5-8,20H,4,9-10,12-14H2,1-3H3,(H,24,29). The molecule has 1 fully saturated rings. The average molecular weight is 442 g/mol. The minimum Gasteiger partial charge on any atom is -0.497 e. The quantitative estimate of drug-likeness (QED) is 0.676. The Morgan fingerprint density at radius 1 is 1.32 bits per heavy atom. The Morgan fingerprint density at radius 3 is 2.74 bits per heavy atom. The third-order valence-corrected chi connectivity index (χ3v) is 6.43. The molecule has 1 aromatic carbocycles. The van der Waals surface area contributed by atoms with Crippen molar-refractivity contribution in [2.45, 2.75) is 45.7 Å². The Kier molecular flexibility index (Phi) is 7.58. The summed E-state index contributed by atoms with van der Waals surface area (Å²) in [5.41, 5.74) is 3.58. The van der Waals surface area contributed by atoms with Crippen molar-refractivity contribution in [3.05, 3.63) is 41.2 Å². The molecule has 0 bridgehead atoms. The van der Waals surface area contributed by atoms with Crippen molar-refractivity contribution in [2.24, 2.45) is 0 Å². The van der Waals surface area contributed by atoms with Gasteiger partial charge in [0.05, 0.1) is 37.7 Å². The normalized spacial score (nSPS) is 15.5. The summed E-state index contributed by atoms with van der Waals surface area (Å²) in [5.74, 6) is 1.59. The lowest BCUT2D eigenvalue weighted by Crippen LogP contribution is -2.44. The van der Waals surface area contributed by atoms with Gasteiger partial charge in [0, 0.05) is 23.6 Å². The van der Waals surface area contributed by atoms with Crippen LogP contribution in [0.1, 0.15) is 29.8 Å². The first-order valence-corrected chi connectivity index (χ1v) is 11.3. The second-order valence-corrected chi connectivity index (χ2v) is 8.38. The third-order valence-electron chi connectivity index (χ3n) is 5.42. The van der Waals surface area contributed by atoms with Crippen LogP contribution in [0.2, 0.25) is 0 Å². The molecule has 2 aromatic rings. The van der Waals surface area contributed by atoms with E-state index < -0.39 is 6.04 Å². The summed E-state index contributed by atoms with van der Waals surface area (Å²) >= 11 is 1.58. The van der Waals surface area contributed by atoms with Gasteiger partial charge in [-0.15, -0.1) is 11.8 Å². The maximum absolute atomic E-state index is 12.9. The van der Waals surface area contributed by atoms with Gasteiger partial charge in [-0.05, 0) is 50.1 Å². The van der Waals surface area contributed by atoms with E-state index >= 15 is 0 Å². The fourth-order valence-electron chi connectivity index (χ4n) is 3.65. The number of carbonyl (C=O) groups is 2. The van der Waals surface area contributed by atoms with Crippen LogP contribution in [0.4, 0.5) is 5.69 Å². The Balaban J connectivity index is 1.60. The Morgan fingerprint density at radius 2 is 2.06 bits per heavy atom. The molecular weight excluding hydrogens is 414 g/mol. The maximum atomic E-state index is 12.9. The molecule has 2 amide bonds. The zero-order valence-electron chi connectivity index (χ0n) is 18.1. The molecule has 164 valence electrons. The molecule has 1 aromatic heterocycles. The summed E-state index contributed by atoms with van der Waals surface area (Å²) in [6.07, 6.45) is 1.28. The number of ether oxygens (including phenoxy) is 1. The van der Waals surface area contributed by atoms with Gasteiger partial charge in [0.15, 0.2) is 0 Å². The average Bonchev–Trinajstić information content (AvgIpc) is 3.36. The molecule has 31 heavy (non-hydrogen) atoms. The van der Waals surface area contributed by atoms with E-state index in [9.17, 15) is 9.59 Å². The number of rotatable bonds is 8. The van der Waals surface area contributed by atoms with Gasteiger partial charge < -0.3 is 15.0 Å². The first kappa shape index (κ1) is 22.7. The Bertz CT molecular complexity index is 980. The molecule has 1 saturated heterocycles. The number of thioether (sulfide) groups is 1. The lowest BCUT2D eigenvalue weighted by Gasteiger charge is -2.23. The number of nitrogens with zero attached hydrogens (tertiary/aromatic N) is 4. The van der Waals surface area contributed by atoms with Gasteiger partial charge in [-0.25, -0.2) is 0 Å². The number of hydrogen-bond donors (Lipinski definition) is 1. The van der Waals surface area contributed by atoms with Crippen molar-refractivity contribution in [3.63, 3.8) is 0 Å². The second-order valence-electron chi connectivity index (χ2n) is 7.38. The van der Waals surface area contributed by atoms with Crippen LogP contribution in [0.25, 0.3) is 0 Å². The van der Waals surface area contributed by atoms with Crippen molar-refractivity contribution in [1.82, 2.24) is 14.7 Å². The van der Waals surface area contributed by atoms with Gasteiger partial charge in [0.25, 0.3) is 0 Å². The Hall–Kier alpha value is -2.99. The highest BCUT2D eigenvalue weighted by Gasteiger charge is 2.34. The van der Waals surface area contributed by atoms with E-state index in [4.69, 9.17) is 10.00 Å². The van der Waals surface area contributed by atoms with E-state index in [1.165, 1.54) is 0 Å². The highest BCUT2D eigenvalue weighted by molar-refractivity contribution is 7.99. The zero-order valence-corrected chi connectivity index (χ0v) is 18.9. The molecule has 1 aliphatic rings. The van der Waals surface area contributed by atoms with Crippen LogP contribution in [-0.2, 0) is 22.6 Å². The summed E-state index contributed by atoms with van der Waals surface area (Å²) < 4.78 is 6.96. The number of nitrogens with one attached hydrogen (secondary N) is 1. The van der Waals surface area contributed by atoms with Crippen molar-refractivity contribution >= 4 is 29.3 Å². The first-order valence-electron chi connectivity index (χ1n) is 10.2. The van der Waals surface area contributed by atoms with Crippen LogP contribution >= 0.6 is 11.8 Å². The van der Waals surface area contributed by atoms with E-state index in [2.05, 4.69) is 16.5 Å². The van der Waals surface area contributed by atoms with Crippen molar-refractivity contribution < 1.29 is 14.3 Å². The third kappa shape index (κ3) is 5.39. The van der Waals surface area contributed by atoms with Crippen LogP contribution in [0, 0.1) is 25.2 Å². The van der Waals surface area contributed by atoms with E-state index in [0.29, 0.717) is 48.9 Å². The van der Waals surface area contributed by atoms with Crippen LogP contribution in [-0.4, -0.2) is 51.3 Å². The SMILES string of the molecule is COc1ccc(NC(=O)C2CSCN2C(=O)CCc2c(C)nn(CCC#N)c2C)cc1. The molecule has 2 heterocycles. The topological polar surface area (TPSA) is 100 Å². The molecule has 1 unspecified atom stereocenters. The number of aryl methyl sites for hydroxylation is 2. The smallest absolute Gasteiger partial charge is 0.248 e. The first-order chi connectivity index (χ1) is 14.9. The van der Waals surface area contributed by atoms with E-state index in [1.807, 2.05) is 18.5 Å². The van der Waals surface area contributed by atoms with E-state index in [1.54, 1.807) is 48.0 Å². The molecule has 0 radical (unpaired) electrons. The number of benzene rings is 1. The molecule has 8 nitrogen and oxygen atoms in total. The number of methoxy groups -OCH3 is 1. The van der Waals surface area contributed by atoms with Gasteiger partial charge >= 0.3 is 0 Å². The van der Waals surface area contributed by atoms with Crippen molar-refractivity contribution in [3.8, 4) is 11.8 Å². The predicted molar refractivity (Wildman–Crippen MR) is 120 cm³/mol. The van der Waals surface area contributed by atoms with Crippen molar-refractivity contribution in [2.75, 3.05) is 24.1 Å².